The van der Waals surface area contributed by atoms with Gasteiger partial charge >= 0.3 is 0 Å². The van der Waals surface area contributed by atoms with E-state index in [0.717, 1.165) is 12.5 Å². The Morgan fingerprint density at radius 2 is 2.00 bits per heavy atom. The lowest BCUT2D eigenvalue weighted by molar-refractivity contribution is 0.251. The number of nitrogens with one attached hydrogen (secondary N) is 1. The van der Waals surface area contributed by atoms with Gasteiger partial charge in [0, 0.05) is 12.6 Å². The van der Waals surface area contributed by atoms with Crippen LogP contribution < -0.4 is 5.32 Å². The Morgan fingerprint density at radius 3 is 2.53 bits per heavy atom. The van der Waals surface area contributed by atoms with E-state index in [4.69, 9.17) is 5.11 Å². The van der Waals surface area contributed by atoms with Crippen molar-refractivity contribution >= 4 is 0 Å². The Bertz CT molecular complexity index is 303. The van der Waals surface area contributed by atoms with E-state index >= 15 is 0 Å². The zero-order chi connectivity index (χ0) is 10.7. The van der Waals surface area contributed by atoms with E-state index in [1.165, 1.54) is 24.0 Å². The number of rotatable bonds is 5. The van der Waals surface area contributed by atoms with Gasteiger partial charge in [-0.05, 0) is 36.8 Å². The topological polar surface area (TPSA) is 32.3 Å². The number of benzene rings is 1. The summed E-state index contributed by atoms with van der Waals surface area (Å²) in [4.78, 5) is 0. The molecule has 2 nitrogen and oxygen atoms in total. The first-order chi connectivity index (χ1) is 7.29. The van der Waals surface area contributed by atoms with Crippen LogP contribution in [0, 0.1) is 0 Å². The van der Waals surface area contributed by atoms with Crippen molar-refractivity contribution in [3.63, 3.8) is 0 Å². The second-order valence-electron chi connectivity index (χ2n) is 4.48. The fourth-order valence-corrected chi connectivity index (χ4v) is 1.68. The van der Waals surface area contributed by atoms with Crippen LogP contribution in [0.2, 0.25) is 0 Å². The van der Waals surface area contributed by atoms with E-state index in [-0.39, 0.29) is 12.6 Å². The molecule has 1 aliphatic carbocycles. The van der Waals surface area contributed by atoms with Gasteiger partial charge in [0.05, 0.1) is 6.61 Å². The van der Waals surface area contributed by atoms with E-state index in [0.29, 0.717) is 0 Å². The zero-order valence-electron chi connectivity index (χ0n) is 9.24. The lowest BCUT2D eigenvalue weighted by atomic mass is 10.1. The maximum atomic E-state index is 8.88. The van der Waals surface area contributed by atoms with Crippen molar-refractivity contribution in [2.45, 2.75) is 38.3 Å². The maximum Gasteiger partial charge on any atom is 0.0582 e. The minimum Gasteiger partial charge on any atom is -0.395 e. The summed E-state index contributed by atoms with van der Waals surface area (Å²) >= 11 is 0. The van der Waals surface area contributed by atoms with Crippen LogP contribution in [-0.2, 0) is 6.54 Å². The van der Waals surface area contributed by atoms with Gasteiger partial charge in [0.1, 0.15) is 0 Å². The average molecular weight is 205 g/mol. The molecule has 0 aromatic heterocycles. The van der Waals surface area contributed by atoms with Gasteiger partial charge in [0.25, 0.3) is 0 Å². The quantitative estimate of drug-likeness (QED) is 0.771. The summed E-state index contributed by atoms with van der Waals surface area (Å²) in [6.45, 7) is 3.02. The minimum absolute atomic E-state index is 0.174. The Kier molecular flexibility index (Phi) is 3.39. The number of hydrogen-bond acceptors (Lipinski definition) is 2. The summed E-state index contributed by atoms with van der Waals surface area (Å²) in [6.07, 6.45) is 2.72. The summed E-state index contributed by atoms with van der Waals surface area (Å²) in [5.41, 5.74) is 2.77. The molecule has 2 N–H and O–H groups in total. The van der Waals surface area contributed by atoms with Crippen LogP contribution >= 0.6 is 0 Å². The molecule has 2 heteroatoms. The third-order valence-corrected chi connectivity index (χ3v) is 2.96. The molecular formula is C13H19NO. The first-order valence-corrected chi connectivity index (χ1v) is 5.72. The van der Waals surface area contributed by atoms with E-state index in [2.05, 4.69) is 29.6 Å². The maximum absolute atomic E-state index is 8.88. The van der Waals surface area contributed by atoms with Crippen LogP contribution in [-0.4, -0.2) is 17.8 Å². The van der Waals surface area contributed by atoms with Crippen LogP contribution in [0.4, 0.5) is 0 Å². The van der Waals surface area contributed by atoms with Crippen molar-refractivity contribution in [3.05, 3.63) is 35.4 Å². The number of aliphatic hydroxyl groups is 1. The van der Waals surface area contributed by atoms with Gasteiger partial charge in [-0.1, -0.05) is 24.3 Å². The van der Waals surface area contributed by atoms with Gasteiger partial charge in [-0.2, -0.15) is 0 Å². The van der Waals surface area contributed by atoms with Gasteiger partial charge in [0.2, 0.25) is 0 Å². The molecule has 82 valence electrons. The molecule has 0 aliphatic heterocycles. The molecule has 1 atom stereocenters. The first-order valence-electron chi connectivity index (χ1n) is 5.72. The summed E-state index contributed by atoms with van der Waals surface area (Å²) in [5.74, 6) is 0.836. The molecule has 1 saturated carbocycles. The summed E-state index contributed by atoms with van der Waals surface area (Å²) in [5, 5.41) is 12.1. The Labute approximate surface area is 91.3 Å². The lowest BCUT2D eigenvalue weighted by Crippen LogP contribution is -2.28. The van der Waals surface area contributed by atoms with Gasteiger partial charge in [-0.3, -0.25) is 0 Å². The van der Waals surface area contributed by atoms with E-state index < -0.39 is 0 Å². The molecule has 0 saturated heterocycles. The van der Waals surface area contributed by atoms with Crippen molar-refractivity contribution in [2.24, 2.45) is 0 Å². The predicted octanol–water partition coefficient (Wildman–Crippen LogP) is 2.03. The highest BCUT2D eigenvalue weighted by molar-refractivity contribution is 5.27. The van der Waals surface area contributed by atoms with Crippen LogP contribution in [0.15, 0.2) is 24.3 Å². The molecule has 0 spiro atoms. The smallest absolute Gasteiger partial charge is 0.0582 e. The van der Waals surface area contributed by atoms with Crippen molar-refractivity contribution in [3.8, 4) is 0 Å². The monoisotopic (exact) mass is 205 g/mol. The van der Waals surface area contributed by atoms with Gasteiger partial charge in [-0.25, -0.2) is 0 Å². The largest absolute Gasteiger partial charge is 0.395 e. The highest BCUT2D eigenvalue weighted by atomic mass is 16.3. The third kappa shape index (κ3) is 3.05. The average Bonchev–Trinajstić information content (AvgIpc) is 3.10. The van der Waals surface area contributed by atoms with Crippen LogP contribution in [0.25, 0.3) is 0 Å². The Balaban J connectivity index is 1.86. The third-order valence-electron chi connectivity index (χ3n) is 2.96. The molecular weight excluding hydrogens is 186 g/mol. The molecule has 1 aliphatic rings. The first kappa shape index (κ1) is 10.7. The van der Waals surface area contributed by atoms with Crippen molar-refractivity contribution in [1.82, 2.24) is 5.32 Å². The Hall–Kier alpha value is -0.860. The second kappa shape index (κ2) is 4.77. The minimum atomic E-state index is 0.174. The molecule has 0 radical (unpaired) electrons. The molecule has 0 heterocycles. The van der Waals surface area contributed by atoms with E-state index in [9.17, 15) is 0 Å². The van der Waals surface area contributed by atoms with Gasteiger partial charge < -0.3 is 10.4 Å². The van der Waals surface area contributed by atoms with E-state index in [1.807, 2.05) is 6.92 Å². The van der Waals surface area contributed by atoms with Crippen LogP contribution in [0.3, 0.4) is 0 Å². The molecule has 1 fully saturated rings. The fraction of sp³-hybridized carbons (Fsp3) is 0.538. The van der Waals surface area contributed by atoms with Gasteiger partial charge in [-0.15, -0.1) is 0 Å². The normalized spacial score (nSPS) is 17.7. The lowest BCUT2D eigenvalue weighted by Gasteiger charge is -2.10. The standard InChI is InChI=1S/C13H19NO/c1-10(9-15)14-8-11-2-4-12(5-3-11)13-6-7-13/h2-5,10,13-15H,6-9H2,1H3. The number of hydrogen-bond donors (Lipinski definition) is 2. The predicted molar refractivity (Wildman–Crippen MR) is 61.8 cm³/mol. The number of aliphatic hydroxyl groups excluding tert-OH is 1. The SMILES string of the molecule is CC(CO)NCc1ccc(C2CC2)cc1. The molecule has 1 aromatic rings. The molecule has 2 rings (SSSR count). The molecule has 15 heavy (non-hydrogen) atoms. The molecule has 1 unspecified atom stereocenters. The van der Waals surface area contributed by atoms with Crippen molar-refractivity contribution in [1.29, 1.82) is 0 Å². The molecule has 1 aromatic carbocycles. The van der Waals surface area contributed by atoms with E-state index in [1.54, 1.807) is 0 Å². The van der Waals surface area contributed by atoms with Crippen molar-refractivity contribution < 1.29 is 5.11 Å². The summed E-state index contributed by atoms with van der Waals surface area (Å²) in [7, 11) is 0. The Morgan fingerprint density at radius 1 is 1.33 bits per heavy atom. The highest BCUT2D eigenvalue weighted by Crippen LogP contribution is 2.39. The van der Waals surface area contributed by atoms with Crippen LogP contribution in [0.5, 0.6) is 0 Å². The molecule has 0 amide bonds. The van der Waals surface area contributed by atoms with Crippen LogP contribution in [0.1, 0.15) is 36.8 Å². The van der Waals surface area contributed by atoms with Crippen molar-refractivity contribution in [2.75, 3.05) is 6.61 Å². The van der Waals surface area contributed by atoms with Gasteiger partial charge in [0.15, 0.2) is 0 Å². The second-order valence-corrected chi connectivity index (χ2v) is 4.48. The summed E-state index contributed by atoms with van der Waals surface area (Å²) < 4.78 is 0. The molecule has 0 bridgehead atoms. The highest BCUT2D eigenvalue weighted by Gasteiger charge is 2.22. The zero-order valence-corrected chi connectivity index (χ0v) is 9.24. The fourth-order valence-electron chi connectivity index (χ4n) is 1.68. The summed E-state index contributed by atoms with van der Waals surface area (Å²) in [6, 6.07) is 9.01.